The molecular formula is C14H18BrN3O2S. The number of hydrogen-bond acceptors (Lipinski definition) is 3. The third kappa shape index (κ3) is 3.72. The van der Waals surface area contributed by atoms with Crippen molar-refractivity contribution in [2.75, 3.05) is 7.05 Å². The van der Waals surface area contributed by atoms with Crippen molar-refractivity contribution in [3.05, 3.63) is 34.3 Å². The van der Waals surface area contributed by atoms with E-state index in [1.165, 1.54) is 0 Å². The number of aliphatic hydroxyl groups is 1. The van der Waals surface area contributed by atoms with Crippen molar-refractivity contribution in [2.24, 2.45) is 0 Å². The molecule has 0 aliphatic heterocycles. The zero-order valence-corrected chi connectivity index (χ0v) is 14.1. The fourth-order valence-electron chi connectivity index (χ4n) is 2.47. The lowest BCUT2D eigenvalue weighted by atomic mass is 9.68. The molecule has 1 aliphatic carbocycles. The van der Waals surface area contributed by atoms with Crippen molar-refractivity contribution < 1.29 is 9.90 Å². The number of carbonyl (C=O) groups excluding carboxylic acids is 1. The van der Waals surface area contributed by atoms with Crippen molar-refractivity contribution in [1.29, 1.82) is 0 Å². The fourth-order valence-corrected chi connectivity index (χ4v) is 2.94. The molecule has 1 saturated carbocycles. The lowest BCUT2D eigenvalue weighted by molar-refractivity contribution is -0.135. The highest BCUT2D eigenvalue weighted by Gasteiger charge is 2.46. The maximum Gasteiger partial charge on any atom is 0.248 e. The van der Waals surface area contributed by atoms with Crippen molar-refractivity contribution in [3.8, 4) is 0 Å². The molecule has 0 heterocycles. The molecule has 1 unspecified atom stereocenters. The number of benzene rings is 1. The number of halogens is 1. The molecule has 114 valence electrons. The summed E-state index contributed by atoms with van der Waals surface area (Å²) in [5.74, 6) is -0.927. The second-order valence-corrected chi connectivity index (χ2v) is 6.46. The Morgan fingerprint density at radius 3 is 2.67 bits per heavy atom. The average Bonchev–Trinajstić information content (AvgIpc) is 2.43. The zero-order chi connectivity index (χ0) is 15.5. The Balaban J connectivity index is 2.20. The Morgan fingerprint density at radius 2 is 2.14 bits per heavy atom. The summed E-state index contributed by atoms with van der Waals surface area (Å²) in [7, 11) is 1.66. The summed E-state index contributed by atoms with van der Waals surface area (Å²) in [5, 5.41) is 13.7. The van der Waals surface area contributed by atoms with Crippen LogP contribution in [0.1, 0.15) is 30.7 Å². The smallest absolute Gasteiger partial charge is 0.248 e. The van der Waals surface area contributed by atoms with Crippen LogP contribution in [0.15, 0.2) is 28.7 Å². The van der Waals surface area contributed by atoms with Crippen molar-refractivity contribution in [2.45, 2.75) is 30.8 Å². The summed E-state index contributed by atoms with van der Waals surface area (Å²) in [6.45, 7) is 0. The van der Waals surface area contributed by atoms with Gasteiger partial charge in [0.15, 0.2) is 5.11 Å². The lowest BCUT2D eigenvalue weighted by Gasteiger charge is -2.42. The molecule has 0 bridgehead atoms. The van der Waals surface area contributed by atoms with Gasteiger partial charge in [0, 0.05) is 11.5 Å². The van der Waals surface area contributed by atoms with Crippen molar-refractivity contribution in [1.82, 2.24) is 16.2 Å². The van der Waals surface area contributed by atoms with E-state index in [1.54, 1.807) is 7.05 Å². The first-order valence-corrected chi connectivity index (χ1v) is 7.92. The number of rotatable bonds is 3. The Kier molecular flexibility index (Phi) is 5.18. The van der Waals surface area contributed by atoms with Gasteiger partial charge in [-0.3, -0.25) is 15.6 Å². The Labute approximate surface area is 137 Å². The minimum atomic E-state index is -0.992. The number of carbonyl (C=O) groups is 1. The second kappa shape index (κ2) is 6.72. The van der Waals surface area contributed by atoms with Gasteiger partial charge in [-0.05, 0) is 49.2 Å². The quantitative estimate of drug-likeness (QED) is 0.479. The van der Waals surface area contributed by atoms with E-state index in [0.29, 0.717) is 18.0 Å². The number of hydrogen-bond donors (Lipinski definition) is 4. The van der Waals surface area contributed by atoms with Crippen LogP contribution in [0.5, 0.6) is 0 Å². The number of thiocarbonyl (C=S) groups is 1. The van der Waals surface area contributed by atoms with Gasteiger partial charge in [0.25, 0.3) is 0 Å². The SMILES string of the molecule is CNC(=S)NNC(=O)C(c1cccc(Br)c1)C1(O)CCC1. The summed E-state index contributed by atoms with van der Waals surface area (Å²) in [5.41, 5.74) is 4.96. The maximum absolute atomic E-state index is 12.5. The van der Waals surface area contributed by atoms with E-state index < -0.39 is 11.5 Å². The molecular weight excluding hydrogens is 354 g/mol. The third-order valence-corrected chi connectivity index (χ3v) is 4.53. The highest BCUT2D eigenvalue weighted by Crippen LogP contribution is 2.43. The van der Waals surface area contributed by atoms with Gasteiger partial charge in [0.05, 0.1) is 11.5 Å². The monoisotopic (exact) mass is 371 g/mol. The van der Waals surface area contributed by atoms with E-state index in [1.807, 2.05) is 24.3 Å². The average molecular weight is 372 g/mol. The van der Waals surface area contributed by atoms with Crippen LogP contribution in [-0.2, 0) is 4.79 Å². The summed E-state index contributed by atoms with van der Waals surface area (Å²) in [4.78, 5) is 12.5. The van der Waals surface area contributed by atoms with Gasteiger partial charge in [-0.1, -0.05) is 28.1 Å². The molecule has 1 amide bonds. The van der Waals surface area contributed by atoms with Crippen molar-refractivity contribution >= 4 is 39.2 Å². The molecule has 0 aromatic heterocycles. The van der Waals surface area contributed by atoms with Gasteiger partial charge in [0.1, 0.15) is 0 Å². The van der Waals surface area contributed by atoms with Gasteiger partial charge in [0.2, 0.25) is 5.91 Å². The van der Waals surface area contributed by atoms with Gasteiger partial charge < -0.3 is 10.4 Å². The normalized spacial score (nSPS) is 17.3. The van der Waals surface area contributed by atoms with Crippen LogP contribution in [-0.4, -0.2) is 28.8 Å². The second-order valence-electron chi connectivity index (χ2n) is 5.14. The summed E-state index contributed by atoms with van der Waals surface area (Å²) in [6.07, 6.45) is 2.17. The van der Waals surface area contributed by atoms with E-state index in [-0.39, 0.29) is 5.91 Å². The van der Waals surface area contributed by atoms with E-state index in [0.717, 1.165) is 16.5 Å². The lowest BCUT2D eigenvalue weighted by Crippen LogP contribution is -2.54. The molecule has 4 N–H and O–H groups in total. The van der Waals surface area contributed by atoms with Crippen LogP contribution in [0.2, 0.25) is 0 Å². The maximum atomic E-state index is 12.5. The van der Waals surface area contributed by atoms with E-state index >= 15 is 0 Å². The van der Waals surface area contributed by atoms with Crippen LogP contribution in [0.4, 0.5) is 0 Å². The minimum Gasteiger partial charge on any atom is -0.389 e. The van der Waals surface area contributed by atoms with Crippen LogP contribution in [0.25, 0.3) is 0 Å². The molecule has 0 saturated heterocycles. The molecule has 1 atom stereocenters. The van der Waals surface area contributed by atoms with E-state index in [4.69, 9.17) is 12.2 Å². The molecule has 2 rings (SSSR count). The molecule has 1 aromatic rings. The molecule has 5 nitrogen and oxygen atoms in total. The summed E-state index contributed by atoms with van der Waals surface area (Å²) in [6, 6.07) is 7.45. The predicted molar refractivity (Wildman–Crippen MR) is 88.6 cm³/mol. The predicted octanol–water partition coefficient (Wildman–Crippen LogP) is 1.57. The Morgan fingerprint density at radius 1 is 1.43 bits per heavy atom. The van der Waals surface area contributed by atoms with Crippen LogP contribution in [0, 0.1) is 0 Å². The largest absolute Gasteiger partial charge is 0.389 e. The molecule has 1 aromatic carbocycles. The van der Waals surface area contributed by atoms with E-state index in [2.05, 4.69) is 32.1 Å². The number of hydrazine groups is 1. The van der Waals surface area contributed by atoms with E-state index in [9.17, 15) is 9.90 Å². The van der Waals surface area contributed by atoms with Gasteiger partial charge in [-0.25, -0.2) is 0 Å². The van der Waals surface area contributed by atoms with Gasteiger partial charge in [-0.2, -0.15) is 0 Å². The molecule has 21 heavy (non-hydrogen) atoms. The first-order chi connectivity index (χ1) is 9.96. The fraction of sp³-hybridized carbons (Fsp3) is 0.429. The molecule has 0 radical (unpaired) electrons. The number of amides is 1. The molecule has 7 heteroatoms. The van der Waals surface area contributed by atoms with Crippen LogP contribution >= 0.6 is 28.1 Å². The first kappa shape index (κ1) is 16.2. The topological polar surface area (TPSA) is 73.4 Å². The summed E-state index contributed by atoms with van der Waals surface area (Å²) >= 11 is 8.33. The Hall–Kier alpha value is -1.18. The molecule has 0 spiro atoms. The van der Waals surface area contributed by atoms with Crippen molar-refractivity contribution in [3.63, 3.8) is 0 Å². The highest BCUT2D eigenvalue weighted by molar-refractivity contribution is 9.10. The Bertz CT molecular complexity index is 549. The molecule has 1 aliphatic rings. The zero-order valence-electron chi connectivity index (χ0n) is 11.6. The minimum absolute atomic E-state index is 0.298. The van der Waals surface area contributed by atoms with Crippen LogP contribution in [0.3, 0.4) is 0 Å². The third-order valence-electron chi connectivity index (χ3n) is 3.73. The number of nitrogens with one attached hydrogen (secondary N) is 3. The van der Waals surface area contributed by atoms with Gasteiger partial charge >= 0.3 is 0 Å². The van der Waals surface area contributed by atoms with Gasteiger partial charge in [-0.15, -0.1) is 0 Å². The van der Waals surface area contributed by atoms with Crippen LogP contribution < -0.4 is 16.2 Å². The first-order valence-electron chi connectivity index (χ1n) is 6.72. The summed E-state index contributed by atoms with van der Waals surface area (Å²) < 4.78 is 0.874. The molecule has 1 fully saturated rings. The highest BCUT2D eigenvalue weighted by atomic mass is 79.9. The standard InChI is InChI=1S/C14H18BrN3O2S/c1-16-13(21)18-17-12(19)11(14(20)6-3-7-14)9-4-2-5-10(15)8-9/h2,4-5,8,11,20H,3,6-7H2,1H3,(H,17,19)(H2,16,18,21).